The van der Waals surface area contributed by atoms with Gasteiger partial charge >= 0.3 is 0 Å². The Labute approximate surface area is 90.5 Å². The van der Waals surface area contributed by atoms with Crippen LogP contribution in [0.15, 0.2) is 6.20 Å². The third-order valence-electron chi connectivity index (χ3n) is 2.88. The summed E-state index contributed by atoms with van der Waals surface area (Å²) in [5.41, 5.74) is 7.87. The summed E-state index contributed by atoms with van der Waals surface area (Å²) in [6.07, 6.45) is 4.36. The number of nitrogens with two attached hydrogens (primary N) is 1. The van der Waals surface area contributed by atoms with E-state index in [1.54, 1.807) is 0 Å². The zero-order valence-corrected chi connectivity index (χ0v) is 9.40. The summed E-state index contributed by atoms with van der Waals surface area (Å²) in [6.45, 7) is 6.12. The summed E-state index contributed by atoms with van der Waals surface area (Å²) in [4.78, 5) is 11.1. The monoisotopic (exact) mass is 206 g/mol. The van der Waals surface area contributed by atoms with Crippen molar-refractivity contribution < 1.29 is 0 Å². The van der Waals surface area contributed by atoms with Gasteiger partial charge in [0.15, 0.2) is 0 Å². The lowest BCUT2D eigenvalue weighted by atomic mass is 10.1. The highest BCUT2D eigenvalue weighted by molar-refractivity contribution is 5.34. The van der Waals surface area contributed by atoms with Crippen LogP contribution in [0.25, 0.3) is 0 Å². The number of nitrogens with zero attached hydrogens (tertiary/aromatic N) is 3. The van der Waals surface area contributed by atoms with Gasteiger partial charge in [-0.05, 0) is 26.7 Å². The molecule has 1 fully saturated rings. The molecule has 4 nitrogen and oxygen atoms in total. The quantitative estimate of drug-likeness (QED) is 0.794. The second kappa shape index (κ2) is 4.14. The molecule has 0 saturated carbocycles. The van der Waals surface area contributed by atoms with Gasteiger partial charge in [-0.3, -0.25) is 0 Å². The highest BCUT2D eigenvalue weighted by Gasteiger charge is 2.16. The minimum atomic E-state index is 0.0117. The van der Waals surface area contributed by atoms with Crippen LogP contribution in [0, 0.1) is 6.92 Å². The number of aromatic nitrogens is 2. The van der Waals surface area contributed by atoms with Crippen LogP contribution < -0.4 is 10.6 Å². The van der Waals surface area contributed by atoms with E-state index >= 15 is 0 Å². The van der Waals surface area contributed by atoms with Crippen molar-refractivity contribution in [3.8, 4) is 0 Å². The average Bonchev–Trinajstić information content (AvgIpc) is 2.69. The van der Waals surface area contributed by atoms with E-state index in [1.807, 2.05) is 20.0 Å². The summed E-state index contributed by atoms with van der Waals surface area (Å²) in [6, 6.07) is 0.0117. The zero-order chi connectivity index (χ0) is 10.8. The lowest BCUT2D eigenvalue weighted by Crippen LogP contribution is -2.21. The molecule has 0 aromatic carbocycles. The maximum Gasteiger partial charge on any atom is 0.225 e. The van der Waals surface area contributed by atoms with Crippen LogP contribution in [-0.2, 0) is 0 Å². The van der Waals surface area contributed by atoms with Crippen LogP contribution in [0.1, 0.15) is 37.1 Å². The maximum atomic E-state index is 5.82. The SMILES string of the molecule is Cc1nc(N2CCCC2)ncc1[C@@H](C)N. The number of aryl methyl sites for hydroxylation is 1. The van der Waals surface area contributed by atoms with Crippen LogP contribution >= 0.6 is 0 Å². The van der Waals surface area contributed by atoms with E-state index in [2.05, 4.69) is 14.9 Å². The van der Waals surface area contributed by atoms with Crippen LogP contribution in [0.4, 0.5) is 5.95 Å². The fraction of sp³-hybridized carbons (Fsp3) is 0.636. The first-order chi connectivity index (χ1) is 7.18. The first-order valence-corrected chi connectivity index (χ1v) is 5.52. The summed E-state index contributed by atoms with van der Waals surface area (Å²) in [5, 5.41) is 0. The molecule has 1 aliphatic rings. The molecule has 0 amide bonds. The zero-order valence-electron chi connectivity index (χ0n) is 9.40. The molecular formula is C11H18N4. The number of rotatable bonds is 2. The Kier molecular flexibility index (Phi) is 2.86. The fourth-order valence-corrected chi connectivity index (χ4v) is 1.98. The lowest BCUT2D eigenvalue weighted by Gasteiger charge is -2.17. The normalized spacial score (nSPS) is 18.2. The van der Waals surface area contributed by atoms with Gasteiger partial charge in [-0.15, -0.1) is 0 Å². The topological polar surface area (TPSA) is 55.0 Å². The Morgan fingerprint density at radius 1 is 1.40 bits per heavy atom. The van der Waals surface area contributed by atoms with Gasteiger partial charge in [-0.1, -0.05) is 0 Å². The Bertz CT molecular complexity index is 342. The summed E-state index contributed by atoms with van der Waals surface area (Å²) < 4.78 is 0. The van der Waals surface area contributed by atoms with E-state index in [0.29, 0.717) is 0 Å². The van der Waals surface area contributed by atoms with Crippen molar-refractivity contribution in [2.75, 3.05) is 18.0 Å². The third-order valence-corrected chi connectivity index (χ3v) is 2.88. The van der Waals surface area contributed by atoms with Gasteiger partial charge in [0.2, 0.25) is 5.95 Å². The molecular weight excluding hydrogens is 188 g/mol. The maximum absolute atomic E-state index is 5.82. The molecule has 2 rings (SSSR count). The molecule has 1 atom stereocenters. The van der Waals surface area contributed by atoms with Gasteiger partial charge < -0.3 is 10.6 Å². The van der Waals surface area contributed by atoms with Crippen LogP contribution in [0.2, 0.25) is 0 Å². The largest absolute Gasteiger partial charge is 0.341 e. The summed E-state index contributed by atoms with van der Waals surface area (Å²) >= 11 is 0. The van der Waals surface area contributed by atoms with Crippen LogP contribution in [0.3, 0.4) is 0 Å². The molecule has 1 aromatic rings. The van der Waals surface area contributed by atoms with E-state index in [0.717, 1.165) is 30.3 Å². The molecule has 4 heteroatoms. The van der Waals surface area contributed by atoms with Crippen molar-refractivity contribution in [2.24, 2.45) is 5.73 Å². The molecule has 2 N–H and O–H groups in total. The van der Waals surface area contributed by atoms with Gasteiger partial charge in [-0.2, -0.15) is 0 Å². The molecule has 0 radical (unpaired) electrons. The van der Waals surface area contributed by atoms with E-state index < -0.39 is 0 Å². The Morgan fingerprint density at radius 3 is 2.60 bits per heavy atom. The molecule has 82 valence electrons. The van der Waals surface area contributed by atoms with Crippen LogP contribution in [-0.4, -0.2) is 23.1 Å². The van der Waals surface area contributed by atoms with Crippen molar-refractivity contribution in [1.29, 1.82) is 0 Å². The van der Waals surface area contributed by atoms with Gasteiger partial charge in [0.05, 0.1) is 0 Å². The fourth-order valence-electron chi connectivity index (χ4n) is 1.98. The molecule has 0 aliphatic carbocycles. The molecule has 0 spiro atoms. The van der Waals surface area contributed by atoms with Gasteiger partial charge in [0.1, 0.15) is 0 Å². The Hall–Kier alpha value is -1.16. The van der Waals surface area contributed by atoms with Crippen molar-refractivity contribution in [3.05, 3.63) is 17.5 Å². The van der Waals surface area contributed by atoms with E-state index in [4.69, 9.17) is 5.73 Å². The van der Waals surface area contributed by atoms with Gasteiger partial charge in [0, 0.05) is 36.6 Å². The molecule has 1 aromatic heterocycles. The highest BCUT2D eigenvalue weighted by atomic mass is 15.3. The molecule has 1 aliphatic heterocycles. The second-order valence-electron chi connectivity index (χ2n) is 4.19. The van der Waals surface area contributed by atoms with Crippen molar-refractivity contribution >= 4 is 5.95 Å². The van der Waals surface area contributed by atoms with E-state index in [9.17, 15) is 0 Å². The minimum absolute atomic E-state index is 0.0117. The molecule has 2 heterocycles. The number of hydrogen-bond acceptors (Lipinski definition) is 4. The standard InChI is InChI=1S/C11H18N4/c1-8(12)10-7-13-11(14-9(10)2)15-5-3-4-6-15/h7-8H,3-6,12H2,1-2H3/t8-/m1/s1. The van der Waals surface area contributed by atoms with Crippen LogP contribution in [0.5, 0.6) is 0 Å². The summed E-state index contributed by atoms with van der Waals surface area (Å²) in [7, 11) is 0. The number of anilines is 1. The first kappa shape index (κ1) is 10.4. The van der Waals surface area contributed by atoms with Crippen molar-refractivity contribution in [3.63, 3.8) is 0 Å². The first-order valence-electron chi connectivity index (χ1n) is 5.52. The van der Waals surface area contributed by atoms with E-state index in [-0.39, 0.29) is 6.04 Å². The second-order valence-corrected chi connectivity index (χ2v) is 4.19. The molecule has 1 saturated heterocycles. The lowest BCUT2D eigenvalue weighted by molar-refractivity contribution is 0.780. The predicted molar refractivity (Wildman–Crippen MR) is 60.8 cm³/mol. The molecule has 0 unspecified atom stereocenters. The molecule has 15 heavy (non-hydrogen) atoms. The van der Waals surface area contributed by atoms with E-state index in [1.165, 1.54) is 12.8 Å². The predicted octanol–water partition coefficient (Wildman–Crippen LogP) is 1.40. The van der Waals surface area contributed by atoms with Gasteiger partial charge in [0.25, 0.3) is 0 Å². The average molecular weight is 206 g/mol. The summed E-state index contributed by atoms with van der Waals surface area (Å²) in [5.74, 6) is 0.856. The minimum Gasteiger partial charge on any atom is -0.341 e. The number of hydrogen-bond donors (Lipinski definition) is 1. The van der Waals surface area contributed by atoms with Crippen molar-refractivity contribution in [1.82, 2.24) is 9.97 Å². The smallest absolute Gasteiger partial charge is 0.225 e. The van der Waals surface area contributed by atoms with Gasteiger partial charge in [-0.25, -0.2) is 9.97 Å². The Morgan fingerprint density at radius 2 is 2.07 bits per heavy atom. The Balaban J connectivity index is 2.24. The third kappa shape index (κ3) is 2.09. The molecule has 0 bridgehead atoms. The van der Waals surface area contributed by atoms with Crippen molar-refractivity contribution in [2.45, 2.75) is 32.7 Å². The highest BCUT2D eigenvalue weighted by Crippen LogP contribution is 2.19.